The van der Waals surface area contributed by atoms with E-state index >= 15 is 0 Å². The molecule has 1 aromatic heterocycles. The summed E-state index contributed by atoms with van der Waals surface area (Å²) in [5.74, 6) is 0.0640. The maximum Gasteiger partial charge on any atom is 0.243 e. The summed E-state index contributed by atoms with van der Waals surface area (Å²) in [7, 11) is -2.29. The third-order valence-electron chi connectivity index (χ3n) is 3.32. The van der Waals surface area contributed by atoms with Crippen LogP contribution in [0.4, 0.5) is 10.1 Å². The van der Waals surface area contributed by atoms with Crippen LogP contribution < -0.4 is 5.73 Å². The molecule has 1 heterocycles. The van der Waals surface area contributed by atoms with Gasteiger partial charge in [0.15, 0.2) is 0 Å². The number of anilines is 1. The molecule has 5 nitrogen and oxygen atoms in total. The van der Waals surface area contributed by atoms with Crippen molar-refractivity contribution in [2.24, 2.45) is 0 Å². The minimum Gasteiger partial charge on any atom is -0.469 e. The molecular formula is C14H17FN2O3S. The molecule has 0 bridgehead atoms. The quantitative estimate of drug-likeness (QED) is 0.880. The molecule has 0 amide bonds. The summed E-state index contributed by atoms with van der Waals surface area (Å²) >= 11 is 0. The first-order valence-electron chi connectivity index (χ1n) is 6.28. The minimum absolute atomic E-state index is 0.0254. The van der Waals surface area contributed by atoms with Crippen molar-refractivity contribution in [2.75, 3.05) is 12.8 Å². The molecule has 2 rings (SSSR count). The predicted molar refractivity (Wildman–Crippen MR) is 77.6 cm³/mol. The first-order chi connectivity index (χ1) is 9.73. The van der Waals surface area contributed by atoms with Crippen molar-refractivity contribution >= 4 is 15.7 Å². The molecule has 0 saturated heterocycles. The van der Waals surface area contributed by atoms with Gasteiger partial charge in [-0.1, -0.05) is 0 Å². The molecule has 0 aliphatic carbocycles. The van der Waals surface area contributed by atoms with Crippen LogP contribution in [-0.2, 0) is 16.6 Å². The van der Waals surface area contributed by atoms with E-state index in [9.17, 15) is 12.8 Å². The Balaban J connectivity index is 2.35. The molecule has 1 aromatic carbocycles. The van der Waals surface area contributed by atoms with E-state index in [2.05, 4.69) is 0 Å². The molecular weight excluding hydrogens is 295 g/mol. The van der Waals surface area contributed by atoms with Gasteiger partial charge in [-0.3, -0.25) is 0 Å². The van der Waals surface area contributed by atoms with Crippen LogP contribution >= 0.6 is 0 Å². The number of rotatable bonds is 4. The minimum atomic E-state index is -3.75. The molecule has 0 saturated carbocycles. The first kappa shape index (κ1) is 15.5. The average Bonchev–Trinajstić information content (AvgIpc) is 2.80. The van der Waals surface area contributed by atoms with Gasteiger partial charge in [-0.05, 0) is 37.6 Å². The maximum atomic E-state index is 13.5. The summed E-state index contributed by atoms with van der Waals surface area (Å²) in [6.07, 6.45) is 1.51. The molecule has 114 valence electrons. The van der Waals surface area contributed by atoms with Crippen molar-refractivity contribution in [3.63, 3.8) is 0 Å². The number of halogens is 1. The average molecular weight is 312 g/mol. The second-order valence-electron chi connectivity index (χ2n) is 4.91. The smallest absolute Gasteiger partial charge is 0.243 e. The lowest BCUT2D eigenvalue weighted by atomic mass is 10.2. The topological polar surface area (TPSA) is 76.5 Å². The van der Waals surface area contributed by atoms with E-state index in [-0.39, 0.29) is 22.7 Å². The number of aryl methyl sites for hydroxylation is 2. The third kappa shape index (κ3) is 2.93. The van der Waals surface area contributed by atoms with E-state index in [0.717, 1.165) is 11.6 Å². The van der Waals surface area contributed by atoms with Gasteiger partial charge in [0.2, 0.25) is 10.0 Å². The summed E-state index contributed by atoms with van der Waals surface area (Å²) < 4.78 is 44.8. The molecule has 21 heavy (non-hydrogen) atoms. The van der Waals surface area contributed by atoms with Crippen molar-refractivity contribution in [3.05, 3.63) is 47.2 Å². The van der Waals surface area contributed by atoms with E-state index in [1.54, 1.807) is 13.0 Å². The molecule has 0 fully saturated rings. The van der Waals surface area contributed by atoms with Crippen LogP contribution in [0, 0.1) is 19.7 Å². The monoisotopic (exact) mass is 312 g/mol. The molecule has 2 aromatic rings. The Morgan fingerprint density at radius 3 is 2.52 bits per heavy atom. The summed E-state index contributed by atoms with van der Waals surface area (Å²) in [5, 5.41) is 0. The Hall–Kier alpha value is -1.86. The summed E-state index contributed by atoms with van der Waals surface area (Å²) in [5.41, 5.74) is 6.29. The predicted octanol–water partition coefficient (Wildman–Crippen LogP) is 2.44. The van der Waals surface area contributed by atoms with Crippen molar-refractivity contribution in [2.45, 2.75) is 25.3 Å². The second-order valence-corrected chi connectivity index (χ2v) is 6.95. The number of benzene rings is 1. The van der Waals surface area contributed by atoms with Gasteiger partial charge in [-0.2, -0.15) is 4.31 Å². The van der Waals surface area contributed by atoms with E-state index in [4.69, 9.17) is 10.2 Å². The Morgan fingerprint density at radius 2 is 2.00 bits per heavy atom. The Kier molecular flexibility index (Phi) is 4.06. The third-order valence-corrected chi connectivity index (χ3v) is 5.10. The van der Waals surface area contributed by atoms with E-state index in [1.165, 1.54) is 30.6 Å². The largest absolute Gasteiger partial charge is 0.469 e. The molecule has 0 atom stereocenters. The van der Waals surface area contributed by atoms with Gasteiger partial charge in [0.05, 0.1) is 16.8 Å². The fourth-order valence-corrected chi connectivity index (χ4v) is 3.26. The van der Waals surface area contributed by atoms with E-state index in [1.807, 2.05) is 0 Å². The highest BCUT2D eigenvalue weighted by Crippen LogP contribution is 2.24. The van der Waals surface area contributed by atoms with Crippen molar-refractivity contribution in [3.8, 4) is 0 Å². The van der Waals surface area contributed by atoms with Crippen LogP contribution in [0.5, 0.6) is 0 Å². The lowest BCUT2D eigenvalue weighted by Crippen LogP contribution is -2.27. The number of sulfonamides is 1. The SMILES string of the molecule is Cc1cc(S(=O)(=O)N(C)Cc2ccoc2C)cc(N)c1F. The van der Waals surface area contributed by atoms with Crippen molar-refractivity contribution in [1.29, 1.82) is 0 Å². The van der Waals surface area contributed by atoms with Crippen LogP contribution in [0.3, 0.4) is 0 Å². The number of hydrogen-bond donors (Lipinski definition) is 1. The molecule has 0 aliphatic heterocycles. The second kappa shape index (κ2) is 5.50. The Labute approximate surface area is 123 Å². The van der Waals surface area contributed by atoms with Crippen LogP contribution in [0.15, 0.2) is 33.8 Å². The van der Waals surface area contributed by atoms with E-state index in [0.29, 0.717) is 5.76 Å². The van der Waals surface area contributed by atoms with Gasteiger partial charge < -0.3 is 10.2 Å². The summed E-state index contributed by atoms with van der Waals surface area (Å²) in [4.78, 5) is -0.0254. The van der Waals surface area contributed by atoms with Crippen LogP contribution in [0.25, 0.3) is 0 Å². The van der Waals surface area contributed by atoms with Gasteiger partial charge in [-0.15, -0.1) is 0 Å². The molecule has 7 heteroatoms. The van der Waals surface area contributed by atoms with Crippen LogP contribution in [0.2, 0.25) is 0 Å². The highest BCUT2D eigenvalue weighted by molar-refractivity contribution is 7.89. The lowest BCUT2D eigenvalue weighted by Gasteiger charge is -2.17. The highest BCUT2D eigenvalue weighted by atomic mass is 32.2. The fourth-order valence-electron chi connectivity index (χ4n) is 1.99. The fraction of sp³-hybridized carbons (Fsp3) is 0.286. The number of nitrogens with two attached hydrogens (primary N) is 1. The van der Waals surface area contributed by atoms with Gasteiger partial charge in [0.1, 0.15) is 11.6 Å². The highest BCUT2D eigenvalue weighted by Gasteiger charge is 2.23. The van der Waals surface area contributed by atoms with Gasteiger partial charge in [0.25, 0.3) is 0 Å². The Bertz CT molecular complexity index is 745. The Morgan fingerprint density at radius 1 is 1.33 bits per heavy atom. The number of nitrogens with zero attached hydrogens (tertiary/aromatic N) is 1. The number of hydrogen-bond acceptors (Lipinski definition) is 4. The molecule has 0 radical (unpaired) electrons. The van der Waals surface area contributed by atoms with Crippen LogP contribution in [0.1, 0.15) is 16.9 Å². The zero-order chi connectivity index (χ0) is 15.8. The van der Waals surface area contributed by atoms with Crippen LogP contribution in [-0.4, -0.2) is 19.8 Å². The van der Waals surface area contributed by atoms with Gasteiger partial charge in [0, 0.05) is 19.2 Å². The zero-order valence-electron chi connectivity index (χ0n) is 12.1. The summed E-state index contributed by atoms with van der Waals surface area (Å²) in [6.45, 7) is 3.40. The molecule has 0 spiro atoms. The molecule has 0 unspecified atom stereocenters. The first-order valence-corrected chi connectivity index (χ1v) is 7.72. The zero-order valence-corrected chi connectivity index (χ0v) is 12.9. The standard InChI is InChI=1S/C14H17FN2O3S/c1-9-6-12(7-13(16)14(9)15)21(18,19)17(3)8-11-4-5-20-10(11)2/h4-7H,8,16H2,1-3H3. The molecule has 2 N–H and O–H groups in total. The van der Waals surface area contributed by atoms with Crippen molar-refractivity contribution < 1.29 is 17.2 Å². The van der Waals surface area contributed by atoms with Gasteiger partial charge in [-0.25, -0.2) is 12.8 Å². The maximum absolute atomic E-state index is 13.5. The normalized spacial score (nSPS) is 12.0. The number of nitrogen functional groups attached to an aromatic ring is 1. The van der Waals surface area contributed by atoms with Gasteiger partial charge >= 0.3 is 0 Å². The lowest BCUT2D eigenvalue weighted by molar-refractivity contribution is 0.458. The summed E-state index contributed by atoms with van der Waals surface area (Å²) in [6, 6.07) is 4.13. The van der Waals surface area contributed by atoms with Crippen molar-refractivity contribution in [1.82, 2.24) is 4.31 Å². The van der Waals surface area contributed by atoms with E-state index < -0.39 is 15.8 Å². The number of furan rings is 1. The molecule has 0 aliphatic rings.